The average Bonchev–Trinajstić information content (AvgIpc) is 2.45. The van der Waals surface area contributed by atoms with Gasteiger partial charge in [-0.1, -0.05) is 6.92 Å². The van der Waals surface area contributed by atoms with Crippen LogP contribution in [0.4, 0.5) is 0 Å². The van der Waals surface area contributed by atoms with Crippen molar-refractivity contribution in [2.24, 2.45) is 5.41 Å². The molecule has 0 bridgehead atoms. The Labute approximate surface area is 103 Å². The van der Waals surface area contributed by atoms with Gasteiger partial charge in [-0.2, -0.15) is 0 Å². The summed E-state index contributed by atoms with van der Waals surface area (Å²) in [5.41, 5.74) is 0.610. The lowest BCUT2D eigenvalue weighted by Crippen LogP contribution is -2.25. The summed E-state index contributed by atoms with van der Waals surface area (Å²) in [5, 5.41) is 0. The van der Waals surface area contributed by atoms with Crippen molar-refractivity contribution < 1.29 is 0 Å². The Morgan fingerprint density at radius 2 is 2.33 bits per heavy atom. The molecule has 0 aromatic carbocycles. The molecule has 0 spiro atoms. The smallest absolute Gasteiger partial charge is 0.0201 e. The molecular weight excluding hydrogens is 378 g/mol. The molecule has 1 heterocycles. The molecule has 2 nitrogen and oxygen atoms in total. The van der Waals surface area contributed by atoms with E-state index in [1.54, 1.807) is 0 Å². The zero-order valence-electron chi connectivity index (χ0n) is 7.45. The van der Waals surface area contributed by atoms with Crippen LogP contribution in [0.2, 0.25) is 0 Å². The first kappa shape index (κ1) is 11.5. The fourth-order valence-electron chi connectivity index (χ4n) is 1.86. The Kier molecular flexibility index (Phi) is 5.07. The van der Waals surface area contributed by atoms with Crippen LogP contribution in [0.1, 0.15) is 26.2 Å². The van der Waals surface area contributed by atoms with Crippen LogP contribution in [0.5, 0.6) is 0 Å². The van der Waals surface area contributed by atoms with Gasteiger partial charge in [-0.15, -0.1) is 0 Å². The highest BCUT2D eigenvalue weighted by molar-refractivity contribution is 14.1. The van der Waals surface area contributed by atoms with E-state index in [2.05, 4.69) is 59.3 Å². The van der Waals surface area contributed by atoms with Crippen molar-refractivity contribution in [2.75, 3.05) is 19.6 Å². The van der Waals surface area contributed by atoms with Gasteiger partial charge < -0.3 is 0 Å². The fraction of sp³-hybridized carbons (Fsp3) is 1.00. The lowest BCUT2D eigenvalue weighted by atomic mass is 9.81. The third-order valence-electron chi connectivity index (χ3n) is 2.89. The van der Waals surface area contributed by atoms with Crippen LogP contribution in [-0.2, 0) is 0 Å². The predicted octanol–water partition coefficient (Wildman–Crippen LogP) is 2.77. The molecule has 1 unspecified atom stereocenters. The van der Waals surface area contributed by atoms with Crippen LogP contribution in [0, 0.1) is 5.41 Å². The van der Waals surface area contributed by atoms with Crippen molar-refractivity contribution in [3.8, 4) is 0 Å². The molecule has 0 saturated carbocycles. The normalized spacial score (nSPS) is 31.2. The van der Waals surface area contributed by atoms with Crippen molar-refractivity contribution in [3.63, 3.8) is 0 Å². The van der Waals surface area contributed by atoms with Gasteiger partial charge in [0, 0.05) is 65.4 Å². The van der Waals surface area contributed by atoms with Gasteiger partial charge in [-0.3, -0.25) is 3.53 Å². The summed E-state index contributed by atoms with van der Waals surface area (Å²) < 4.78 is 5.64. The van der Waals surface area contributed by atoms with Gasteiger partial charge >= 0.3 is 0 Å². The molecule has 0 amide bonds. The lowest BCUT2D eigenvalue weighted by Gasteiger charge is -2.26. The third kappa shape index (κ3) is 2.95. The molecule has 1 rings (SSSR count). The van der Waals surface area contributed by atoms with Crippen molar-refractivity contribution in [2.45, 2.75) is 26.2 Å². The molecule has 1 fully saturated rings. The standard InChI is InChI=1S/C8H16I2N2/c1-2-8(3-5-11-9)4-6-12(10)7-8/h11H,2-7H2,1H3. The summed E-state index contributed by atoms with van der Waals surface area (Å²) in [6, 6.07) is 0. The van der Waals surface area contributed by atoms with Gasteiger partial charge in [0.15, 0.2) is 0 Å². The molecule has 0 radical (unpaired) electrons. The molecule has 1 atom stereocenters. The number of nitrogens with zero attached hydrogens (tertiary/aromatic N) is 1. The summed E-state index contributed by atoms with van der Waals surface area (Å²) in [7, 11) is 0. The molecule has 0 aromatic rings. The molecular formula is C8H16I2N2. The van der Waals surface area contributed by atoms with Crippen LogP contribution >= 0.6 is 45.7 Å². The highest BCUT2D eigenvalue weighted by Crippen LogP contribution is 2.38. The second-order valence-electron chi connectivity index (χ2n) is 3.58. The summed E-state index contributed by atoms with van der Waals surface area (Å²) >= 11 is 4.68. The minimum atomic E-state index is 0.610. The maximum Gasteiger partial charge on any atom is 0.0201 e. The van der Waals surface area contributed by atoms with Gasteiger partial charge in [0.2, 0.25) is 0 Å². The Morgan fingerprint density at radius 3 is 2.75 bits per heavy atom. The fourth-order valence-corrected chi connectivity index (χ4v) is 3.10. The van der Waals surface area contributed by atoms with E-state index < -0.39 is 0 Å². The zero-order valence-corrected chi connectivity index (χ0v) is 11.8. The molecule has 12 heavy (non-hydrogen) atoms. The first-order valence-electron chi connectivity index (χ1n) is 4.47. The van der Waals surface area contributed by atoms with E-state index in [1.165, 1.54) is 32.4 Å². The van der Waals surface area contributed by atoms with Crippen LogP contribution in [0.25, 0.3) is 0 Å². The number of hydrogen-bond donors (Lipinski definition) is 1. The Bertz CT molecular complexity index is 143. The minimum Gasteiger partial charge on any atom is -0.261 e. The average molecular weight is 394 g/mol. The van der Waals surface area contributed by atoms with E-state index in [0.29, 0.717) is 5.41 Å². The predicted molar refractivity (Wildman–Crippen MR) is 69.6 cm³/mol. The van der Waals surface area contributed by atoms with E-state index in [1.807, 2.05) is 0 Å². The molecule has 1 saturated heterocycles. The van der Waals surface area contributed by atoms with E-state index in [-0.39, 0.29) is 0 Å². The SMILES string of the molecule is CCC1(CCNI)CCN(I)C1. The highest BCUT2D eigenvalue weighted by Gasteiger charge is 2.34. The Hall–Kier alpha value is 1.38. The summed E-state index contributed by atoms with van der Waals surface area (Å²) in [4.78, 5) is 0. The van der Waals surface area contributed by atoms with E-state index >= 15 is 0 Å². The van der Waals surface area contributed by atoms with Crippen molar-refractivity contribution in [1.82, 2.24) is 6.64 Å². The molecule has 1 aliphatic rings. The Morgan fingerprint density at radius 1 is 1.58 bits per heavy atom. The number of halogens is 2. The van der Waals surface area contributed by atoms with E-state index in [9.17, 15) is 0 Å². The third-order valence-corrected chi connectivity index (χ3v) is 4.25. The van der Waals surface area contributed by atoms with Crippen LogP contribution < -0.4 is 3.53 Å². The second-order valence-corrected chi connectivity index (χ2v) is 5.71. The minimum absolute atomic E-state index is 0.610. The lowest BCUT2D eigenvalue weighted by molar-refractivity contribution is 0.278. The molecule has 0 aromatic heterocycles. The monoisotopic (exact) mass is 394 g/mol. The maximum absolute atomic E-state index is 3.22. The van der Waals surface area contributed by atoms with Gasteiger partial charge in [-0.25, -0.2) is 3.11 Å². The summed E-state index contributed by atoms with van der Waals surface area (Å²) in [6.45, 7) is 6.03. The second kappa shape index (κ2) is 5.31. The van der Waals surface area contributed by atoms with Crippen molar-refractivity contribution in [3.05, 3.63) is 0 Å². The maximum atomic E-state index is 3.22. The van der Waals surface area contributed by atoms with Gasteiger partial charge in [0.05, 0.1) is 0 Å². The van der Waals surface area contributed by atoms with Crippen molar-refractivity contribution in [1.29, 1.82) is 0 Å². The molecule has 4 heteroatoms. The first-order valence-corrected chi connectivity index (χ1v) is 6.51. The molecule has 0 aliphatic carbocycles. The zero-order chi connectivity index (χ0) is 9.03. The number of nitrogens with one attached hydrogen (secondary N) is 1. The Balaban J connectivity index is 2.41. The topological polar surface area (TPSA) is 15.3 Å². The molecule has 72 valence electrons. The van der Waals surface area contributed by atoms with Gasteiger partial charge in [0.25, 0.3) is 0 Å². The van der Waals surface area contributed by atoms with Crippen molar-refractivity contribution >= 4 is 45.7 Å². The summed E-state index contributed by atoms with van der Waals surface area (Å²) in [6.07, 6.45) is 4.03. The number of rotatable bonds is 4. The molecule has 1 N–H and O–H groups in total. The van der Waals surface area contributed by atoms with Crippen LogP contribution in [0.15, 0.2) is 0 Å². The van der Waals surface area contributed by atoms with Crippen LogP contribution in [-0.4, -0.2) is 22.7 Å². The van der Waals surface area contributed by atoms with Crippen LogP contribution in [0.3, 0.4) is 0 Å². The molecule has 1 aliphatic heterocycles. The first-order chi connectivity index (χ1) is 5.72. The highest BCUT2D eigenvalue weighted by atomic mass is 127. The largest absolute Gasteiger partial charge is 0.261 e. The number of hydrogen-bond acceptors (Lipinski definition) is 2. The summed E-state index contributed by atoms with van der Waals surface area (Å²) in [5.74, 6) is 0. The quantitative estimate of drug-likeness (QED) is 0.583. The van der Waals surface area contributed by atoms with E-state index in [0.717, 1.165) is 6.54 Å². The van der Waals surface area contributed by atoms with E-state index in [4.69, 9.17) is 0 Å². The van der Waals surface area contributed by atoms with Gasteiger partial charge in [-0.05, 0) is 24.7 Å². The van der Waals surface area contributed by atoms with Gasteiger partial charge in [0.1, 0.15) is 0 Å².